The van der Waals surface area contributed by atoms with Crippen LogP contribution in [0.1, 0.15) is 19.3 Å². The summed E-state index contributed by atoms with van der Waals surface area (Å²) in [6.45, 7) is -1.86. The van der Waals surface area contributed by atoms with Crippen molar-refractivity contribution in [1.29, 1.82) is 0 Å². The molecular formula is C16H29ClN2O12P2. The Balaban J connectivity index is 4.73. The average Bonchev–Trinajstić information content (AvgIpc) is 2.73. The number of phosphoric ester groups is 1. The van der Waals surface area contributed by atoms with Crippen LogP contribution in [0.2, 0.25) is 0 Å². The Labute approximate surface area is 197 Å². The van der Waals surface area contributed by atoms with Gasteiger partial charge in [0, 0.05) is 31.1 Å². The van der Waals surface area contributed by atoms with Gasteiger partial charge >= 0.3 is 31.2 Å². The number of nitrogens with two attached hydrogens (primary N) is 2. The van der Waals surface area contributed by atoms with Gasteiger partial charge in [0.2, 0.25) is 0 Å². The summed E-state index contributed by atoms with van der Waals surface area (Å²) in [4.78, 5) is 55.0. The van der Waals surface area contributed by atoms with Gasteiger partial charge in [-0.15, -0.1) is 9.24 Å². The number of ether oxygens (including phenoxy) is 4. The van der Waals surface area contributed by atoms with Crippen molar-refractivity contribution in [2.24, 2.45) is 11.5 Å². The molecule has 0 amide bonds. The first-order valence-corrected chi connectivity index (χ1v) is 12.3. The topological polar surface area (TPSA) is 213 Å². The van der Waals surface area contributed by atoms with E-state index in [9.17, 15) is 28.6 Å². The van der Waals surface area contributed by atoms with Gasteiger partial charge in [-0.05, 0) is 0 Å². The third kappa shape index (κ3) is 17.7. The summed E-state index contributed by atoms with van der Waals surface area (Å²) in [5.74, 6) is -1.99. The number of hydrogen-bond acceptors (Lipinski definition) is 13. The van der Waals surface area contributed by atoms with Crippen LogP contribution in [-0.4, -0.2) is 86.1 Å². The van der Waals surface area contributed by atoms with E-state index in [0.717, 1.165) is 0 Å². The van der Waals surface area contributed by atoms with E-state index in [1.54, 1.807) is 0 Å². The van der Waals surface area contributed by atoms with Gasteiger partial charge in [-0.25, -0.2) is 9.36 Å². The minimum atomic E-state index is -4.66. The molecule has 0 heterocycles. The van der Waals surface area contributed by atoms with Crippen molar-refractivity contribution >= 4 is 52.0 Å². The van der Waals surface area contributed by atoms with Crippen LogP contribution in [-0.2, 0) is 46.9 Å². The summed E-state index contributed by atoms with van der Waals surface area (Å²) in [6, 6.07) is 0. The largest absolute Gasteiger partial charge is 0.472 e. The van der Waals surface area contributed by atoms with E-state index >= 15 is 0 Å². The highest BCUT2D eigenvalue weighted by molar-refractivity contribution is 7.47. The van der Waals surface area contributed by atoms with E-state index in [-0.39, 0.29) is 45.1 Å². The molecule has 0 fully saturated rings. The van der Waals surface area contributed by atoms with Crippen LogP contribution in [0.5, 0.6) is 0 Å². The van der Waals surface area contributed by atoms with Gasteiger partial charge in [0.15, 0.2) is 6.10 Å². The number of esters is 3. The van der Waals surface area contributed by atoms with Crippen molar-refractivity contribution in [3.05, 3.63) is 0 Å². The van der Waals surface area contributed by atoms with E-state index in [0.29, 0.717) is 0 Å². The van der Waals surface area contributed by atoms with Crippen LogP contribution in [0.15, 0.2) is 0 Å². The fraction of sp³-hybridized carbons (Fsp3) is 0.750. The second-order valence-corrected chi connectivity index (χ2v) is 8.29. The van der Waals surface area contributed by atoms with Gasteiger partial charge in [-0.1, -0.05) is 0 Å². The highest BCUT2D eigenvalue weighted by atomic mass is 35.5. The second kappa shape index (κ2) is 18.0. The van der Waals surface area contributed by atoms with Gasteiger partial charge in [0.1, 0.15) is 19.3 Å². The third-order valence-electron chi connectivity index (χ3n) is 3.40. The van der Waals surface area contributed by atoms with Gasteiger partial charge in [0.05, 0.1) is 32.2 Å². The summed E-state index contributed by atoms with van der Waals surface area (Å²) in [7, 11) is -2.51. The molecule has 3 unspecified atom stereocenters. The quantitative estimate of drug-likeness (QED) is 0.0894. The summed E-state index contributed by atoms with van der Waals surface area (Å²) in [5.41, 5.74) is 9.33. The average molecular weight is 539 g/mol. The Bertz CT molecular complexity index is 684. The molecule has 33 heavy (non-hydrogen) atoms. The Morgan fingerprint density at radius 1 is 0.879 bits per heavy atom. The molecule has 192 valence electrons. The van der Waals surface area contributed by atoms with Gasteiger partial charge in [-0.3, -0.25) is 23.4 Å². The standard InChI is InChI=1S/C16H29ClN2O12P2/c17-16(23)31-11(7-27-15(22)10-32)3-6-28-33(24,25)29-9-12(30-14(21)2-5-19)8-26-13(20)1-4-18/h11-12H,1-10,18-19,32H2,(H,24,25)/t11-,12?/m0/s1. The zero-order valence-corrected chi connectivity index (χ0v) is 20.5. The fourth-order valence-electron chi connectivity index (χ4n) is 1.92. The maximum atomic E-state index is 12.1. The highest BCUT2D eigenvalue weighted by Gasteiger charge is 2.27. The zero-order valence-electron chi connectivity index (χ0n) is 17.7. The van der Waals surface area contributed by atoms with E-state index in [1.165, 1.54) is 0 Å². The van der Waals surface area contributed by atoms with E-state index in [4.69, 9.17) is 51.1 Å². The molecule has 0 radical (unpaired) electrons. The predicted molar refractivity (Wildman–Crippen MR) is 116 cm³/mol. The molecule has 4 atom stereocenters. The smallest absolute Gasteiger partial charge is 0.462 e. The first-order valence-electron chi connectivity index (χ1n) is 9.61. The molecule has 0 aromatic heterocycles. The molecule has 0 aromatic rings. The van der Waals surface area contributed by atoms with Crippen molar-refractivity contribution in [3.8, 4) is 0 Å². The van der Waals surface area contributed by atoms with E-state index in [2.05, 4.69) is 9.24 Å². The Morgan fingerprint density at radius 2 is 1.45 bits per heavy atom. The maximum absolute atomic E-state index is 12.1. The Kier molecular flexibility index (Phi) is 17.3. The Morgan fingerprint density at radius 3 is 2.03 bits per heavy atom. The van der Waals surface area contributed by atoms with Crippen LogP contribution < -0.4 is 11.5 Å². The lowest BCUT2D eigenvalue weighted by molar-refractivity contribution is -0.161. The number of phosphoric acid groups is 1. The molecular weight excluding hydrogens is 510 g/mol. The molecule has 0 saturated heterocycles. The number of halogens is 1. The van der Waals surface area contributed by atoms with Crippen LogP contribution in [0.4, 0.5) is 4.79 Å². The normalized spacial score (nSPS) is 14.5. The first-order chi connectivity index (χ1) is 15.5. The summed E-state index contributed by atoms with van der Waals surface area (Å²) in [6.07, 6.45) is -2.62. The predicted octanol–water partition coefficient (Wildman–Crippen LogP) is -0.175. The number of hydrogen-bond donors (Lipinski definition) is 3. The van der Waals surface area contributed by atoms with E-state index in [1.807, 2.05) is 0 Å². The minimum Gasteiger partial charge on any atom is -0.462 e. The number of rotatable bonds is 18. The van der Waals surface area contributed by atoms with Crippen molar-refractivity contribution in [1.82, 2.24) is 0 Å². The molecule has 0 aliphatic heterocycles. The molecule has 0 aromatic carbocycles. The van der Waals surface area contributed by atoms with Gasteiger partial charge in [0.25, 0.3) is 0 Å². The van der Waals surface area contributed by atoms with Crippen LogP contribution in [0.25, 0.3) is 0 Å². The van der Waals surface area contributed by atoms with Crippen LogP contribution in [0, 0.1) is 0 Å². The monoisotopic (exact) mass is 538 g/mol. The molecule has 0 rings (SSSR count). The van der Waals surface area contributed by atoms with Crippen molar-refractivity contribution in [2.75, 3.05) is 45.7 Å². The number of carbonyl (C=O) groups is 4. The summed E-state index contributed by atoms with van der Waals surface area (Å²) >= 11 is 5.14. The van der Waals surface area contributed by atoms with E-state index < -0.39 is 63.2 Å². The highest BCUT2D eigenvalue weighted by Crippen LogP contribution is 2.43. The minimum absolute atomic E-state index is 0.00141. The molecule has 0 bridgehead atoms. The molecule has 0 aliphatic rings. The molecule has 0 spiro atoms. The SMILES string of the molecule is NCCC(=O)OCC(COP(=O)(O)OCC[C@@H](COC(=O)CP)OC(=O)Cl)OC(=O)CCN. The molecule has 17 heteroatoms. The van der Waals surface area contributed by atoms with Crippen molar-refractivity contribution in [3.63, 3.8) is 0 Å². The zero-order chi connectivity index (χ0) is 25.3. The Hall–Kier alpha value is -1.37. The lowest BCUT2D eigenvalue weighted by Crippen LogP contribution is -2.30. The molecule has 5 N–H and O–H groups in total. The number of carbonyl (C=O) groups excluding carboxylic acids is 4. The first kappa shape index (κ1) is 31.6. The van der Waals surface area contributed by atoms with Gasteiger partial charge in [-0.2, -0.15) is 0 Å². The molecule has 14 nitrogen and oxygen atoms in total. The molecule has 0 saturated carbocycles. The lowest BCUT2D eigenvalue weighted by atomic mass is 10.3. The fourth-order valence-corrected chi connectivity index (χ4v) is 2.93. The lowest BCUT2D eigenvalue weighted by Gasteiger charge is -2.20. The van der Waals surface area contributed by atoms with Gasteiger partial charge < -0.3 is 35.3 Å². The van der Waals surface area contributed by atoms with Crippen molar-refractivity contribution < 1.29 is 56.6 Å². The second-order valence-electron chi connectivity index (χ2n) is 6.12. The summed E-state index contributed by atoms with van der Waals surface area (Å²) < 4.78 is 41.1. The maximum Gasteiger partial charge on any atom is 0.472 e. The van der Waals surface area contributed by atoms with Crippen LogP contribution in [0.3, 0.4) is 0 Å². The summed E-state index contributed by atoms with van der Waals surface area (Å²) in [5, 5.41) is 0. The third-order valence-corrected chi connectivity index (χ3v) is 4.81. The van der Waals surface area contributed by atoms with Crippen molar-refractivity contribution in [2.45, 2.75) is 31.5 Å². The van der Waals surface area contributed by atoms with Crippen LogP contribution >= 0.6 is 28.7 Å². The molecule has 0 aliphatic carbocycles.